The van der Waals surface area contributed by atoms with E-state index in [1.807, 2.05) is 20.8 Å². The third kappa shape index (κ3) is 6.59. The van der Waals surface area contributed by atoms with Crippen molar-refractivity contribution >= 4 is 28.9 Å². The molecule has 0 saturated heterocycles. The van der Waals surface area contributed by atoms with Gasteiger partial charge in [-0.2, -0.15) is 0 Å². The van der Waals surface area contributed by atoms with Crippen molar-refractivity contribution in [1.29, 1.82) is 0 Å². The van der Waals surface area contributed by atoms with Gasteiger partial charge in [-0.05, 0) is 30.5 Å². The first-order chi connectivity index (χ1) is 14.1. The van der Waals surface area contributed by atoms with Crippen LogP contribution in [0.15, 0.2) is 58.8 Å². The molecule has 0 aliphatic rings. The van der Waals surface area contributed by atoms with Gasteiger partial charge in [0.15, 0.2) is 0 Å². The first-order valence-corrected chi connectivity index (χ1v) is 9.96. The molecule has 0 unspecified atom stereocenters. The maximum atomic E-state index is 11.4. The number of carbonyl (C=O) groups is 1. The summed E-state index contributed by atoms with van der Waals surface area (Å²) in [6.07, 6.45) is 0.515. The SMILES string of the molecule is C=C(C)C(=O)OCCCOc1cc(N=Nc2ccccc2Cl)c(O)c(C(C)(C)C)c1. The Labute approximate surface area is 182 Å². The summed E-state index contributed by atoms with van der Waals surface area (Å²) in [4.78, 5) is 11.4. The molecule has 0 heterocycles. The normalized spacial score (nSPS) is 11.5. The maximum absolute atomic E-state index is 11.4. The molecule has 2 aromatic rings. The number of azo groups is 1. The number of benzene rings is 2. The number of rotatable bonds is 8. The van der Waals surface area contributed by atoms with Crippen molar-refractivity contribution < 1.29 is 19.4 Å². The Morgan fingerprint density at radius 2 is 1.80 bits per heavy atom. The Hall–Kier alpha value is -2.86. The van der Waals surface area contributed by atoms with Gasteiger partial charge in [-0.1, -0.05) is 51.1 Å². The highest BCUT2D eigenvalue weighted by molar-refractivity contribution is 6.32. The lowest BCUT2D eigenvalue weighted by Gasteiger charge is -2.22. The molecule has 0 bridgehead atoms. The van der Waals surface area contributed by atoms with Crippen LogP contribution in [0.25, 0.3) is 0 Å². The summed E-state index contributed by atoms with van der Waals surface area (Å²) < 4.78 is 10.9. The minimum atomic E-state index is -0.420. The summed E-state index contributed by atoms with van der Waals surface area (Å²) in [5.74, 6) is 0.162. The Morgan fingerprint density at radius 1 is 1.13 bits per heavy atom. The molecule has 2 aromatic carbocycles. The summed E-state index contributed by atoms with van der Waals surface area (Å²) in [5, 5.41) is 19.5. The quantitative estimate of drug-likeness (QED) is 0.220. The molecule has 0 fully saturated rings. The van der Waals surface area contributed by atoms with Gasteiger partial charge < -0.3 is 14.6 Å². The summed E-state index contributed by atoms with van der Waals surface area (Å²) >= 11 is 6.12. The largest absolute Gasteiger partial charge is 0.505 e. The summed E-state index contributed by atoms with van der Waals surface area (Å²) in [6, 6.07) is 10.5. The van der Waals surface area contributed by atoms with Crippen molar-refractivity contribution in [1.82, 2.24) is 0 Å². The second kappa shape index (κ2) is 10.3. The zero-order valence-electron chi connectivity index (χ0n) is 17.7. The van der Waals surface area contributed by atoms with Gasteiger partial charge in [-0.3, -0.25) is 0 Å². The predicted octanol–water partition coefficient (Wildman–Crippen LogP) is 6.65. The maximum Gasteiger partial charge on any atom is 0.333 e. The first-order valence-electron chi connectivity index (χ1n) is 9.59. The molecular weight excluding hydrogens is 404 g/mol. The molecule has 30 heavy (non-hydrogen) atoms. The van der Waals surface area contributed by atoms with E-state index in [0.717, 1.165) is 0 Å². The minimum absolute atomic E-state index is 0.0426. The molecule has 0 amide bonds. The smallest absolute Gasteiger partial charge is 0.333 e. The molecule has 7 heteroatoms. The number of esters is 1. The van der Waals surface area contributed by atoms with Gasteiger partial charge in [0.25, 0.3) is 0 Å². The van der Waals surface area contributed by atoms with Gasteiger partial charge in [-0.25, -0.2) is 4.79 Å². The average Bonchev–Trinajstić information content (AvgIpc) is 2.67. The van der Waals surface area contributed by atoms with E-state index in [0.29, 0.717) is 40.6 Å². The minimum Gasteiger partial charge on any atom is -0.505 e. The first kappa shape index (κ1) is 23.4. The fourth-order valence-corrected chi connectivity index (χ4v) is 2.68. The van der Waals surface area contributed by atoms with Crippen LogP contribution in [0, 0.1) is 0 Å². The molecule has 0 aliphatic carbocycles. The number of phenolic OH excluding ortho intramolecular Hbond substituents is 1. The number of hydrogen-bond acceptors (Lipinski definition) is 6. The van der Waals surface area contributed by atoms with Crippen molar-refractivity contribution in [2.24, 2.45) is 10.2 Å². The van der Waals surface area contributed by atoms with E-state index in [4.69, 9.17) is 21.1 Å². The molecule has 0 saturated carbocycles. The highest BCUT2D eigenvalue weighted by Gasteiger charge is 2.22. The van der Waals surface area contributed by atoms with E-state index in [2.05, 4.69) is 16.8 Å². The van der Waals surface area contributed by atoms with Gasteiger partial charge in [0.05, 0.1) is 18.2 Å². The van der Waals surface area contributed by atoms with Crippen LogP contribution in [-0.4, -0.2) is 24.3 Å². The molecule has 2 rings (SSSR count). The number of aromatic hydroxyl groups is 1. The van der Waals surface area contributed by atoms with Crippen molar-refractivity contribution in [3.05, 3.63) is 59.1 Å². The number of ether oxygens (including phenoxy) is 2. The molecule has 6 nitrogen and oxygen atoms in total. The number of phenols is 1. The molecule has 0 atom stereocenters. The Balaban J connectivity index is 2.18. The molecular formula is C23H27ClN2O4. The monoisotopic (exact) mass is 430 g/mol. The Bertz CT molecular complexity index is 949. The van der Waals surface area contributed by atoms with E-state index in [-0.39, 0.29) is 23.5 Å². The third-order valence-corrected chi connectivity index (χ3v) is 4.45. The van der Waals surface area contributed by atoms with Crippen LogP contribution in [0.1, 0.15) is 39.7 Å². The van der Waals surface area contributed by atoms with Gasteiger partial charge >= 0.3 is 5.97 Å². The van der Waals surface area contributed by atoms with Crippen molar-refractivity contribution in [2.75, 3.05) is 13.2 Å². The Kier molecular flexibility index (Phi) is 8.00. The van der Waals surface area contributed by atoms with Crippen LogP contribution in [0.5, 0.6) is 11.5 Å². The summed E-state index contributed by atoms with van der Waals surface area (Å²) in [6.45, 7) is 11.7. The fourth-order valence-electron chi connectivity index (χ4n) is 2.50. The number of hydrogen-bond donors (Lipinski definition) is 1. The molecule has 0 aromatic heterocycles. The van der Waals surface area contributed by atoms with Crippen LogP contribution in [0.4, 0.5) is 11.4 Å². The van der Waals surface area contributed by atoms with Crippen molar-refractivity contribution in [2.45, 2.75) is 39.5 Å². The van der Waals surface area contributed by atoms with E-state index in [9.17, 15) is 9.90 Å². The topological polar surface area (TPSA) is 80.5 Å². The molecule has 160 valence electrons. The van der Waals surface area contributed by atoms with Crippen molar-refractivity contribution in [3.63, 3.8) is 0 Å². The van der Waals surface area contributed by atoms with Crippen LogP contribution < -0.4 is 4.74 Å². The van der Waals surface area contributed by atoms with Crippen LogP contribution >= 0.6 is 11.6 Å². The number of halogens is 1. The highest BCUT2D eigenvalue weighted by atomic mass is 35.5. The Morgan fingerprint density at radius 3 is 2.43 bits per heavy atom. The second-order valence-corrected chi connectivity index (χ2v) is 8.27. The summed E-state index contributed by atoms with van der Waals surface area (Å²) in [5.41, 5.74) is 1.49. The van der Waals surface area contributed by atoms with Gasteiger partial charge in [-0.15, -0.1) is 10.2 Å². The number of carbonyl (C=O) groups excluding carboxylic acids is 1. The zero-order valence-corrected chi connectivity index (χ0v) is 18.5. The van der Waals surface area contributed by atoms with Crippen LogP contribution in [0.3, 0.4) is 0 Å². The average molecular weight is 431 g/mol. The standard InChI is InChI=1S/C23H27ClN2O4/c1-15(2)22(28)30-12-8-11-29-16-13-17(23(3,4)5)21(27)20(14-16)26-25-19-10-7-6-9-18(19)24/h6-7,9-10,13-14,27H,1,8,11-12H2,2-5H3. The molecule has 0 aliphatic heterocycles. The highest BCUT2D eigenvalue weighted by Crippen LogP contribution is 2.42. The van der Waals surface area contributed by atoms with E-state index in [1.165, 1.54) is 0 Å². The lowest BCUT2D eigenvalue weighted by atomic mass is 9.86. The van der Waals surface area contributed by atoms with Crippen LogP contribution in [0.2, 0.25) is 5.02 Å². The van der Waals surface area contributed by atoms with E-state index >= 15 is 0 Å². The molecule has 0 spiro atoms. The van der Waals surface area contributed by atoms with Gasteiger partial charge in [0.2, 0.25) is 0 Å². The van der Waals surface area contributed by atoms with Gasteiger partial charge in [0, 0.05) is 23.6 Å². The molecule has 1 N–H and O–H groups in total. The fraction of sp³-hybridized carbons (Fsp3) is 0.348. The lowest BCUT2D eigenvalue weighted by molar-refractivity contribution is -0.139. The predicted molar refractivity (Wildman–Crippen MR) is 118 cm³/mol. The zero-order chi connectivity index (χ0) is 22.3. The lowest BCUT2D eigenvalue weighted by Crippen LogP contribution is -2.12. The van der Waals surface area contributed by atoms with Gasteiger partial charge in [0.1, 0.15) is 22.9 Å². The second-order valence-electron chi connectivity index (χ2n) is 7.86. The van der Waals surface area contributed by atoms with E-state index in [1.54, 1.807) is 43.3 Å². The summed E-state index contributed by atoms with van der Waals surface area (Å²) in [7, 11) is 0. The number of nitrogens with zero attached hydrogens (tertiary/aromatic N) is 2. The third-order valence-electron chi connectivity index (χ3n) is 4.13. The molecule has 0 radical (unpaired) electrons. The van der Waals surface area contributed by atoms with Crippen LogP contribution in [-0.2, 0) is 14.9 Å². The van der Waals surface area contributed by atoms with E-state index < -0.39 is 5.97 Å². The van der Waals surface area contributed by atoms with Crippen molar-refractivity contribution in [3.8, 4) is 11.5 Å².